The van der Waals surface area contributed by atoms with E-state index in [-0.39, 0.29) is 24.1 Å². The van der Waals surface area contributed by atoms with Gasteiger partial charge in [-0.1, -0.05) is 6.07 Å². The van der Waals surface area contributed by atoms with Crippen LogP contribution in [0.1, 0.15) is 22.5 Å². The Bertz CT molecular complexity index is 407. The molecule has 3 rings (SSSR count). The van der Waals surface area contributed by atoms with Gasteiger partial charge < -0.3 is 15.8 Å². The standard InChI is InChI=1S/C12H16N2O2S/c13-9-7-3-1-5-16-11(7)10(9)14-12(15)8-4-2-6-17-8/h2,4,6-7,9-11H,1,3,5,13H2,(H,14,15). The van der Waals surface area contributed by atoms with E-state index in [2.05, 4.69) is 5.32 Å². The molecule has 92 valence electrons. The van der Waals surface area contributed by atoms with Crippen molar-refractivity contribution in [1.29, 1.82) is 0 Å². The van der Waals surface area contributed by atoms with Gasteiger partial charge in [-0.2, -0.15) is 0 Å². The second kappa shape index (κ2) is 4.40. The molecule has 0 spiro atoms. The number of ether oxygens (including phenoxy) is 1. The van der Waals surface area contributed by atoms with E-state index < -0.39 is 0 Å². The van der Waals surface area contributed by atoms with Crippen LogP contribution in [0.5, 0.6) is 0 Å². The summed E-state index contributed by atoms with van der Waals surface area (Å²) >= 11 is 1.44. The second-order valence-corrected chi connectivity index (χ2v) is 5.64. The van der Waals surface area contributed by atoms with Crippen LogP contribution in [-0.4, -0.2) is 30.7 Å². The Hall–Kier alpha value is -0.910. The summed E-state index contributed by atoms with van der Waals surface area (Å²) < 4.78 is 5.69. The zero-order valence-corrected chi connectivity index (χ0v) is 10.3. The Balaban J connectivity index is 1.64. The van der Waals surface area contributed by atoms with Crippen molar-refractivity contribution in [2.24, 2.45) is 11.7 Å². The maximum absolute atomic E-state index is 11.9. The number of nitrogens with two attached hydrogens (primary N) is 1. The Labute approximate surface area is 104 Å². The molecule has 1 aliphatic carbocycles. The van der Waals surface area contributed by atoms with Gasteiger partial charge in [0.15, 0.2) is 0 Å². The molecule has 17 heavy (non-hydrogen) atoms. The van der Waals surface area contributed by atoms with Gasteiger partial charge in [0.05, 0.1) is 17.0 Å². The number of fused-ring (bicyclic) bond motifs is 1. The lowest BCUT2D eigenvalue weighted by Crippen LogP contribution is -2.72. The Kier molecular flexibility index (Phi) is 2.90. The molecule has 1 saturated heterocycles. The molecule has 1 amide bonds. The predicted octanol–water partition coefficient (Wildman–Crippen LogP) is 0.983. The van der Waals surface area contributed by atoms with Crippen molar-refractivity contribution in [3.8, 4) is 0 Å². The van der Waals surface area contributed by atoms with Crippen LogP contribution in [0, 0.1) is 5.92 Å². The lowest BCUT2D eigenvalue weighted by atomic mass is 9.68. The van der Waals surface area contributed by atoms with Gasteiger partial charge in [0.25, 0.3) is 5.91 Å². The minimum Gasteiger partial charge on any atom is -0.376 e. The van der Waals surface area contributed by atoms with Crippen LogP contribution in [0.2, 0.25) is 0 Å². The smallest absolute Gasteiger partial charge is 0.261 e. The molecule has 2 aliphatic rings. The largest absolute Gasteiger partial charge is 0.376 e. The summed E-state index contributed by atoms with van der Waals surface area (Å²) in [5.74, 6) is 0.394. The van der Waals surface area contributed by atoms with E-state index in [0.29, 0.717) is 5.92 Å². The maximum atomic E-state index is 11.9. The maximum Gasteiger partial charge on any atom is 0.261 e. The number of hydrogen-bond acceptors (Lipinski definition) is 4. The van der Waals surface area contributed by atoms with E-state index >= 15 is 0 Å². The van der Waals surface area contributed by atoms with Crippen LogP contribution in [0.3, 0.4) is 0 Å². The first-order valence-corrected chi connectivity index (χ1v) is 6.87. The third kappa shape index (κ3) is 1.88. The fourth-order valence-corrected chi connectivity index (χ4v) is 3.38. The molecule has 2 heterocycles. The van der Waals surface area contributed by atoms with Gasteiger partial charge in [-0.25, -0.2) is 0 Å². The van der Waals surface area contributed by atoms with Crippen LogP contribution in [0.4, 0.5) is 0 Å². The second-order valence-electron chi connectivity index (χ2n) is 4.70. The zero-order valence-electron chi connectivity index (χ0n) is 9.46. The number of carbonyl (C=O) groups is 1. The van der Waals surface area contributed by atoms with Gasteiger partial charge in [-0.15, -0.1) is 11.3 Å². The quantitative estimate of drug-likeness (QED) is 0.824. The van der Waals surface area contributed by atoms with Gasteiger partial charge >= 0.3 is 0 Å². The average molecular weight is 252 g/mol. The van der Waals surface area contributed by atoms with Gasteiger partial charge in [0.1, 0.15) is 0 Å². The molecular formula is C12H16N2O2S. The van der Waals surface area contributed by atoms with Gasteiger partial charge in [-0.3, -0.25) is 4.79 Å². The highest BCUT2D eigenvalue weighted by atomic mass is 32.1. The van der Waals surface area contributed by atoms with E-state index in [0.717, 1.165) is 24.3 Å². The van der Waals surface area contributed by atoms with Crippen molar-refractivity contribution >= 4 is 17.2 Å². The molecule has 4 atom stereocenters. The summed E-state index contributed by atoms with van der Waals surface area (Å²) in [7, 11) is 0. The van der Waals surface area contributed by atoms with Gasteiger partial charge in [0.2, 0.25) is 0 Å². The molecule has 3 N–H and O–H groups in total. The number of amides is 1. The average Bonchev–Trinajstić information content (AvgIpc) is 2.89. The van der Waals surface area contributed by atoms with Gasteiger partial charge in [0, 0.05) is 18.6 Å². The number of rotatable bonds is 2. The number of carbonyl (C=O) groups excluding carboxylic acids is 1. The van der Waals surface area contributed by atoms with Crippen LogP contribution in [0.25, 0.3) is 0 Å². The molecule has 0 bridgehead atoms. The molecule has 1 aromatic heterocycles. The summed E-state index contributed by atoms with van der Waals surface area (Å²) in [5, 5.41) is 4.89. The van der Waals surface area contributed by atoms with E-state index in [1.165, 1.54) is 11.3 Å². The molecule has 4 nitrogen and oxygen atoms in total. The van der Waals surface area contributed by atoms with Crippen molar-refractivity contribution in [3.63, 3.8) is 0 Å². The molecule has 1 saturated carbocycles. The highest BCUT2D eigenvalue weighted by Crippen LogP contribution is 2.37. The van der Waals surface area contributed by atoms with Crippen LogP contribution in [0.15, 0.2) is 17.5 Å². The third-order valence-electron chi connectivity index (χ3n) is 3.72. The normalized spacial score (nSPS) is 35.8. The predicted molar refractivity (Wildman–Crippen MR) is 66.0 cm³/mol. The summed E-state index contributed by atoms with van der Waals surface area (Å²) in [6.07, 6.45) is 2.33. The molecule has 5 heteroatoms. The van der Waals surface area contributed by atoms with Crippen molar-refractivity contribution in [2.45, 2.75) is 31.0 Å². The summed E-state index contributed by atoms with van der Waals surface area (Å²) in [4.78, 5) is 12.7. The molecule has 0 radical (unpaired) electrons. The summed E-state index contributed by atoms with van der Waals surface area (Å²) in [6, 6.07) is 3.72. The lowest BCUT2D eigenvalue weighted by Gasteiger charge is -2.52. The van der Waals surface area contributed by atoms with Crippen LogP contribution < -0.4 is 11.1 Å². The first kappa shape index (κ1) is 11.2. The number of thiophene rings is 1. The Morgan fingerprint density at radius 2 is 2.47 bits per heavy atom. The molecule has 1 aliphatic heterocycles. The zero-order chi connectivity index (χ0) is 11.8. The topological polar surface area (TPSA) is 64.3 Å². The van der Waals surface area contributed by atoms with E-state index in [4.69, 9.17) is 10.5 Å². The minimum atomic E-state index is -0.0342. The lowest BCUT2D eigenvalue weighted by molar-refractivity contribution is -0.117. The SMILES string of the molecule is NC1C2CCCOC2C1NC(=O)c1cccs1. The first-order valence-electron chi connectivity index (χ1n) is 5.99. The molecular weight excluding hydrogens is 236 g/mol. The number of nitrogens with one attached hydrogen (secondary N) is 1. The summed E-state index contributed by atoms with van der Waals surface area (Å²) in [5.41, 5.74) is 6.09. The van der Waals surface area contributed by atoms with Crippen molar-refractivity contribution < 1.29 is 9.53 Å². The minimum absolute atomic E-state index is 0.0186. The van der Waals surface area contributed by atoms with Crippen molar-refractivity contribution in [2.75, 3.05) is 6.61 Å². The monoisotopic (exact) mass is 252 g/mol. The Morgan fingerprint density at radius 1 is 1.59 bits per heavy atom. The van der Waals surface area contributed by atoms with E-state index in [9.17, 15) is 4.79 Å². The van der Waals surface area contributed by atoms with E-state index in [1.807, 2.05) is 17.5 Å². The fraction of sp³-hybridized carbons (Fsp3) is 0.583. The third-order valence-corrected chi connectivity index (χ3v) is 4.59. The van der Waals surface area contributed by atoms with Crippen LogP contribution >= 0.6 is 11.3 Å². The van der Waals surface area contributed by atoms with Crippen molar-refractivity contribution in [1.82, 2.24) is 5.32 Å². The molecule has 2 fully saturated rings. The highest BCUT2D eigenvalue weighted by molar-refractivity contribution is 7.12. The molecule has 0 aromatic carbocycles. The Morgan fingerprint density at radius 3 is 3.24 bits per heavy atom. The molecule has 4 unspecified atom stereocenters. The molecule has 1 aromatic rings. The van der Waals surface area contributed by atoms with E-state index in [1.54, 1.807) is 0 Å². The van der Waals surface area contributed by atoms with Gasteiger partial charge in [-0.05, 0) is 24.3 Å². The van der Waals surface area contributed by atoms with Crippen LogP contribution in [-0.2, 0) is 4.74 Å². The number of hydrogen-bond donors (Lipinski definition) is 2. The fourth-order valence-electron chi connectivity index (χ4n) is 2.76. The summed E-state index contributed by atoms with van der Waals surface area (Å²) in [6.45, 7) is 0.791. The highest BCUT2D eigenvalue weighted by Gasteiger charge is 2.51. The first-order chi connectivity index (χ1) is 8.27. The van der Waals surface area contributed by atoms with Crippen molar-refractivity contribution in [3.05, 3.63) is 22.4 Å².